The summed E-state index contributed by atoms with van der Waals surface area (Å²) >= 11 is 11.4. The van der Waals surface area contributed by atoms with E-state index in [1.54, 1.807) is 0 Å². The zero-order chi connectivity index (χ0) is 15.3. The number of rotatable bonds is 6. The molecule has 0 aromatic carbocycles. The summed E-state index contributed by atoms with van der Waals surface area (Å²) in [6.07, 6.45) is 3.41. The minimum atomic E-state index is -0.450. The van der Waals surface area contributed by atoms with Crippen molar-refractivity contribution in [3.8, 4) is 0 Å². The maximum absolute atomic E-state index is 11.2. The monoisotopic (exact) mass is 379 g/mol. The number of ether oxygens (including phenoxy) is 1. The van der Waals surface area contributed by atoms with Gasteiger partial charge in [-0.15, -0.1) is 22.9 Å². The van der Waals surface area contributed by atoms with E-state index in [-0.39, 0.29) is 17.3 Å². The fraction of sp³-hybridized carbons (Fsp3) is 0.571. The molecule has 1 heterocycles. The van der Waals surface area contributed by atoms with Gasteiger partial charge in [0.15, 0.2) is 0 Å². The smallest absolute Gasteiger partial charge is 0.303 e. The molecule has 0 fully saturated rings. The van der Waals surface area contributed by atoms with Crippen molar-refractivity contribution < 1.29 is 9.53 Å². The molecule has 20 heavy (non-hydrogen) atoms. The van der Waals surface area contributed by atoms with Gasteiger partial charge in [-0.3, -0.25) is 4.79 Å². The number of carbonyl (C=O) groups excluding carboxylic acids is 1. The van der Waals surface area contributed by atoms with Gasteiger partial charge < -0.3 is 4.74 Å². The molecule has 0 radical (unpaired) electrons. The Hall–Kier alpha value is -0.390. The van der Waals surface area contributed by atoms with Crippen LogP contribution in [0.1, 0.15) is 38.6 Å². The number of hydrogen-bond acceptors (Lipinski definition) is 4. The fourth-order valence-corrected chi connectivity index (χ4v) is 3.33. The highest BCUT2D eigenvalue weighted by molar-refractivity contribution is 9.10. The van der Waals surface area contributed by atoms with Crippen LogP contribution in [0.3, 0.4) is 0 Å². The average Bonchev–Trinajstić information content (AvgIpc) is 2.78. The SMILES string of the molecule is CC(=O)OC(/C=C/C(C)C)C(Cl)[C@H](C)c1nc(Br)cs1. The second-order valence-corrected chi connectivity index (χ2v) is 7.15. The molecule has 0 aliphatic carbocycles. The topological polar surface area (TPSA) is 39.2 Å². The first-order chi connectivity index (χ1) is 9.31. The molecular weight excluding hydrogens is 362 g/mol. The van der Waals surface area contributed by atoms with Crippen LogP contribution in [-0.4, -0.2) is 22.4 Å². The van der Waals surface area contributed by atoms with E-state index in [4.69, 9.17) is 16.3 Å². The van der Waals surface area contributed by atoms with Crippen molar-refractivity contribution in [2.24, 2.45) is 5.92 Å². The number of nitrogens with zero attached hydrogens (tertiary/aromatic N) is 1. The third-order valence-electron chi connectivity index (χ3n) is 2.66. The van der Waals surface area contributed by atoms with Gasteiger partial charge in [0.2, 0.25) is 0 Å². The average molecular weight is 381 g/mol. The number of hydrogen-bond donors (Lipinski definition) is 0. The summed E-state index contributed by atoms with van der Waals surface area (Å²) in [5, 5.41) is 2.49. The largest absolute Gasteiger partial charge is 0.457 e. The van der Waals surface area contributed by atoms with E-state index < -0.39 is 6.10 Å². The molecule has 2 unspecified atom stereocenters. The van der Waals surface area contributed by atoms with Crippen molar-refractivity contribution in [1.29, 1.82) is 0 Å². The van der Waals surface area contributed by atoms with Crippen LogP contribution in [0, 0.1) is 5.92 Å². The highest BCUT2D eigenvalue weighted by atomic mass is 79.9. The molecule has 0 bridgehead atoms. The van der Waals surface area contributed by atoms with Crippen LogP contribution >= 0.6 is 38.9 Å². The van der Waals surface area contributed by atoms with Crippen LogP contribution in [0.4, 0.5) is 0 Å². The molecule has 0 amide bonds. The number of carbonyl (C=O) groups is 1. The molecular formula is C14H19BrClNO2S. The van der Waals surface area contributed by atoms with Gasteiger partial charge in [0, 0.05) is 18.2 Å². The third kappa shape index (κ3) is 5.54. The molecule has 112 valence electrons. The Bertz CT molecular complexity index is 475. The summed E-state index contributed by atoms with van der Waals surface area (Å²) in [6, 6.07) is 0. The van der Waals surface area contributed by atoms with Gasteiger partial charge >= 0.3 is 5.97 Å². The van der Waals surface area contributed by atoms with Crippen molar-refractivity contribution >= 4 is 44.8 Å². The number of halogens is 2. The van der Waals surface area contributed by atoms with Crippen LogP contribution in [0.15, 0.2) is 22.1 Å². The third-order valence-corrected chi connectivity index (χ3v) is 5.04. The highest BCUT2D eigenvalue weighted by Crippen LogP contribution is 2.31. The number of aromatic nitrogens is 1. The Balaban J connectivity index is 2.85. The minimum Gasteiger partial charge on any atom is -0.457 e. The van der Waals surface area contributed by atoms with Crippen molar-refractivity contribution in [3.05, 3.63) is 27.1 Å². The van der Waals surface area contributed by atoms with Crippen LogP contribution < -0.4 is 0 Å². The predicted molar refractivity (Wildman–Crippen MR) is 87.4 cm³/mol. The van der Waals surface area contributed by atoms with Gasteiger partial charge in [0.25, 0.3) is 0 Å². The van der Waals surface area contributed by atoms with Crippen molar-refractivity contribution in [3.63, 3.8) is 0 Å². The molecule has 0 saturated carbocycles. The molecule has 0 spiro atoms. The van der Waals surface area contributed by atoms with E-state index in [2.05, 4.69) is 34.8 Å². The van der Waals surface area contributed by atoms with Gasteiger partial charge in [0.05, 0.1) is 10.4 Å². The number of allylic oxidation sites excluding steroid dienone is 1. The van der Waals surface area contributed by atoms with Crippen LogP contribution in [0.5, 0.6) is 0 Å². The molecule has 1 aromatic rings. The normalized spacial score (nSPS) is 16.4. The van der Waals surface area contributed by atoms with Crippen molar-refractivity contribution in [2.75, 3.05) is 0 Å². The molecule has 3 atom stereocenters. The van der Waals surface area contributed by atoms with E-state index in [1.165, 1.54) is 18.3 Å². The summed E-state index contributed by atoms with van der Waals surface area (Å²) in [5.41, 5.74) is 0. The summed E-state index contributed by atoms with van der Waals surface area (Å²) in [7, 11) is 0. The van der Waals surface area contributed by atoms with Gasteiger partial charge in [-0.1, -0.05) is 26.8 Å². The Morgan fingerprint density at radius 3 is 2.55 bits per heavy atom. The molecule has 1 rings (SSSR count). The Morgan fingerprint density at radius 2 is 2.10 bits per heavy atom. The van der Waals surface area contributed by atoms with Crippen molar-refractivity contribution in [1.82, 2.24) is 4.98 Å². The van der Waals surface area contributed by atoms with Crippen LogP contribution in [0.25, 0.3) is 0 Å². The predicted octanol–water partition coefficient (Wildman–Crippen LogP) is 4.76. The van der Waals surface area contributed by atoms with E-state index >= 15 is 0 Å². The quantitative estimate of drug-likeness (QED) is 0.406. The molecule has 0 aliphatic heterocycles. The zero-order valence-corrected chi connectivity index (χ0v) is 15.1. The Kier molecular flexibility index (Phi) is 7.20. The van der Waals surface area contributed by atoms with E-state index in [0.29, 0.717) is 5.92 Å². The second-order valence-electron chi connectivity index (χ2n) is 4.94. The first kappa shape index (κ1) is 17.7. The first-order valence-electron chi connectivity index (χ1n) is 6.41. The second kappa shape index (κ2) is 8.15. The Labute approximate surface area is 137 Å². The maximum atomic E-state index is 11.2. The van der Waals surface area contributed by atoms with E-state index in [9.17, 15) is 4.79 Å². The maximum Gasteiger partial charge on any atom is 0.303 e. The lowest BCUT2D eigenvalue weighted by Gasteiger charge is -2.23. The zero-order valence-electron chi connectivity index (χ0n) is 12.0. The number of alkyl halides is 1. The van der Waals surface area contributed by atoms with Gasteiger partial charge in [-0.25, -0.2) is 4.98 Å². The molecule has 1 aromatic heterocycles. The number of esters is 1. The molecule has 0 N–H and O–H groups in total. The lowest BCUT2D eigenvalue weighted by molar-refractivity contribution is -0.144. The minimum absolute atomic E-state index is 0.00544. The molecule has 0 aliphatic rings. The lowest BCUT2D eigenvalue weighted by atomic mass is 10.0. The fourth-order valence-electron chi connectivity index (χ4n) is 1.63. The first-order valence-corrected chi connectivity index (χ1v) is 8.52. The van der Waals surface area contributed by atoms with Gasteiger partial charge in [0.1, 0.15) is 10.7 Å². The molecule has 0 saturated heterocycles. The molecule has 3 nitrogen and oxygen atoms in total. The summed E-state index contributed by atoms with van der Waals surface area (Å²) in [5.74, 6) is 0.0388. The number of thiazole rings is 1. The van der Waals surface area contributed by atoms with Gasteiger partial charge in [-0.05, 0) is 27.9 Å². The summed E-state index contributed by atoms with van der Waals surface area (Å²) in [6.45, 7) is 7.50. The lowest BCUT2D eigenvalue weighted by Crippen LogP contribution is -2.29. The van der Waals surface area contributed by atoms with Crippen LogP contribution in [0.2, 0.25) is 0 Å². The summed E-state index contributed by atoms with van der Waals surface area (Å²) < 4.78 is 6.12. The van der Waals surface area contributed by atoms with Crippen LogP contribution in [-0.2, 0) is 9.53 Å². The Morgan fingerprint density at radius 1 is 1.45 bits per heavy atom. The summed E-state index contributed by atoms with van der Waals surface area (Å²) in [4.78, 5) is 15.6. The molecule has 6 heteroatoms. The van der Waals surface area contributed by atoms with Crippen molar-refractivity contribution in [2.45, 2.75) is 45.1 Å². The van der Waals surface area contributed by atoms with E-state index in [0.717, 1.165) is 9.61 Å². The standard InChI is InChI=1S/C14H19BrClNO2S/c1-8(2)5-6-11(19-10(4)18)13(16)9(3)14-17-12(15)7-20-14/h5-9,11,13H,1-4H3/b6-5+/t9-,11?,13?/m0/s1. The van der Waals surface area contributed by atoms with E-state index in [1.807, 2.05) is 24.5 Å². The van der Waals surface area contributed by atoms with Gasteiger partial charge in [-0.2, -0.15) is 0 Å². The highest BCUT2D eigenvalue weighted by Gasteiger charge is 2.28.